The second kappa shape index (κ2) is 13.8. The van der Waals surface area contributed by atoms with Gasteiger partial charge in [-0.2, -0.15) is 0 Å². The van der Waals surface area contributed by atoms with Gasteiger partial charge in [0.05, 0.1) is 31.0 Å². The first-order chi connectivity index (χ1) is 23.0. The van der Waals surface area contributed by atoms with Crippen LogP contribution in [0.15, 0.2) is 53.5 Å². The van der Waals surface area contributed by atoms with Crippen LogP contribution in [-0.2, 0) is 0 Å². The second-order valence-electron chi connectivity index (χ2n) is 12.9. The number of imide groups is 1. The SMILES string of the molecule is COc1cc2c(cc1OCCCCN1CCN(CCCCN3C(=O)c4cccc5cccc(c45)C3=O)CC1)N=C[C@@H]1CCCN1C2=O. The Morgan fingerprint density at radius 2 is 1.40 bits per heavy atom. The van der Waals surface area contributed by atoms with E-state index in [0.717, 1.165) is 95.1 Å². The molecule has 0 spiro atoms. The third kappa shape index (κ3) is 6.36. The lowest BCUT2D eigenvalue weighted by Gasteiger charge is -2.35. The zero-order chi connectivity index (χ0) is 32.3. The molecule has 0 saturated carbocycles. The number of piperazine rings is 1. The van der Waals surface area contributed by atoms with Gasteiger partial charge in [0.1, 0.15) is 0 Å². The van der Waals surface area contributed by atoms with E-state index < -0.39 is 0 Å². The molecular weight excluding hydrogens is 594 g/mol. The molecule has 2 saturated heterocycles. The van der Waals surface area contributed by atoms with E-state index in [1.165, 1.54) is 4.90 Å². The van der Waals surface area contributed by atoms with Crippen LogP contribution in [0.1, 0.15) is 69.6 Å². The number of carbonyl (C=O) groups excluding carboxylic acids is 3. The molecule has 4 heterocycles. The van der Waals surface area contributed by atoms with Crippen molar-refractivity contribution < 1.29 is 23.9 Å². The van der Waals surface area contributed by atoms with Gasteiger partial charge < -0.3 is 24.2 Å². The number of methoxy groups -OCH3 is 1. The zero-order valence-electron chi connectivity index (χ0n) is 27.2. The number of rotatable bonds is 12. The van der Waals surface area contributed by atoms with Gasteiger partial charge in [-0.05, 0) is 75.2 Å². The molecule has 1 atom stereocenters. The molecule has 2 fully saturated rings. The minimum absolute atomic E-state index is 0.0140. The van der Waals surface area contributed by atoms with Crippen LogP contribution in [0, 0.1) is 0 Å². The van der Waals surface area contributed by atoms with Gasteiger partial charge in [0, 0.05) is 68.1 Å². The third-order valence-corrected chi connectivity index (χ3v) is 10.0. The number of ether oxygens (including phenoxy) is 2. The lowest BCUT2D eigenvalue weighted by molar-refractivity contribution is 0.0604. The van der Waals surface area contributed by atoms with Gasteiger partial charge in [0.25, 0.3) is 17.7 Å². The van der Waals surface area contributed by atoms with Crippen molar-refractivity contribution in [3.05, 3.63) is 65.2 Å². The summed E-state index contributed by atoms with van der Waals surface area (Å²) in [5.41, 5.74) is 2.48. The average Bonchev–Trinajstić information content (AvgIpc) is 3.53. The van der Waals surface area contributed by atoms with Crippen molar-refractivity contribution in [1.82, 2.24) is 19.6 Å². The van der Waals surface area contributed by atoms with Crippen molar-refractivity contribution in [3.63, 3.8) is 0 Å². The number of hydrogen-bond donors (Lipinski definition) is 0. The molecule has 0 unspecified atom stereocenters. The topological polar surface area (TPSA) is 95.0 Å². The zero-order valence-corrected chi connectivity index (χ0v) is 27.2. The van der Waals surface area contributed by atoms with E-state index in [4.69, 9.17) is 9.47 Å². The summed E-state index contributed by atoms with van der Waals surface area (Å²) in [6, 6.07) is 15.0. The van der Waals surface area contributed by atoms with Gasteiger partial charge in [-0.3, -0.25) is 24.3 Å². The lowest BCUT2D eigenvalue weighted by atomic mass is 9.94. The molecular formula is C37H43N5O5. The van der Waals surface area contributed by atoms with Crippen molar-refractivity contribution in [2.24, 2.45) is 4.99 Å². The Balaban J connectivity index is 0.806. The summed E-state index contributed by atoms with van der Waals surface area (Å²) in [7, 11) is 1.60. The molecule has 3 aromatic rings. The maximum absolute atomic E-state index is 13.1. The van der Waals surface area contributed by atoms with Crippen molar-refractivity contribution >= 4 is 40.4 Å². The fourth-order valence-electron chi connectivity index (χ4n) is 7.37. The van der Waals surface area contributed by atoms with Gasteiger partial charge in [-0.1, -0.05) is 24.3 Å². The molecule has 0 N–H and O–H groups in total. The van der Waals surface area contributed by atoms with Crippen molar-refractivity contribution in [3.8, 4) is 11.5 Å². The van der Waals surface area contributed by atoms with E-state index in [0.29, 0.717) is 47.0 Å². The summed E-state index contributed by atoms with van der Waals surface area (Å²) in [5.74, 6) is 0.851. The van der Waals surface area contributed by atoms with Crippen LogP contribution in [0.2, 0.25) is 0 Å². The highest BCUT2D eigenvalue weighted by Gasteiger charge is 2.33. The molecule has 0 bridgehead atoms. The van der Waals surface area contributed by atoms with Crippen molar-refractivity contribution in [1.29, 1.82) is 0 Å². The van der Waals surface area contributed by atoms with Gasteiger partial charge in [-0.25, -0.2) is 0 Å². The monoisotopic (exact) mass is 637 g/mol. The van der Waals surface area contributed by atoms with Crippen LogP contribution in [-0.4, -0.2) is 116 Å². The average molecular weight is 638 g/mol. The normalized spacial score (nSPS) is 19.7. The third-order valence-electron chi connectivity index (χ3n) is 10.0. The predicted octanol–water partition coefficient (Wildman–Crippen LogP) is 5.02. The first-order valence-corrected chi connectivity index (χ1v) is 17.0. The number of aliphatic imine (C=N–C) groups is 1. The molecule has 3 amide bonds. The fourth-order valence-corrected chi connectivity index (χ4v) is 7.37. The molecule has 246 valence electrons. The molecule has 10 nitrogen and oxygen atoms in total. The molecule has 0 radical (unpaired) electrons. The molecule has 4 aliphatic heterocycles. The quantitative estimate of drug-likeness (QED) is 0.203. The van der Waals surface area contributed by atoms with Crippen LogP contribution < -0.4 is 9.47 Å². The first kappa shape index (κ1) is 31.3. The Morgan fingerprint density at radius 3 is 2.09 bits per heavy atom. The fraction of sp³-hybridized carbons (Fsp3) is 0.459. The summed E-state index contributed by atoms with van der Waals surface area (Å²) >= 11 is 0. The molecule has 10 heteroatoms. The summed E-state index contributed by atoms with van der Waals surface area (Å²) in [6.45, 7) is 7.92. The van der Waals surface area contributed by atoms with E-state index in [1.54, 1.807) is 13.2 Å². The van der Waals surface area contributed by atoms with E-state index in [-0.39, 0.29) is 23.8 Å². The number of benzene rings is 3. The minimum Gasteiger partial charge on any atom is -0.493 e. The molecule has 0 aromatic heterocycles. The largest absolute Gasteiger partial charge is 0.493 e. The van der Waals surface area contributed by atoms with Gasteiger partial charge >= 0.3 is 0 Å². The van der Waals surface area contributed by atoms with E-state index in [1.807, 2.05) is 53.6 Å². The van der Waals surface area contributed by atoms with Gasteiger partial charge in [0.2, 0.25) is 0 Å². The van der Waals surface area contributed by atoms with E-state index in [9.17, 15) is 14.4 Å². The highest BCUT2D eigenvalue weighted by atomic mass is 16.5. The highest BCUT2D eigenvalue weighted by molar-refractivity contribution is 6.25. The number of amides is 3. The smallest absolute Gasteiger partial charge is 0.261 e. The lowest BCUT2D eigenvalue weighted by Crippen LogP contribution is -2.47. The predicted molar refractivity (Wildman–Crippen MR) is 181 cm³/mol. The van der Waals surface area contributed by atoms with Gasteiger partial charge in [-0.15, -0.1) is 0 Å². The summed E-state index contributed by atoms with van der Waals surface area (Å²) < 4.78 is 11.7. The standard InChI is InChI=1S/C37H43N5O5/c1-46-32-23-30-31(38-25-27-11-8-17-41(27)37(30)45)24-33(32)47-22-5-4-15-40-20-18-39(19-21-40)14-2-3-16-42-35(43)28-12-6-9-26-10-7-13-29(34(26)28)36(42)44/h6-7,9-10,12-13,23-25,27H,2-5,8,11,14-22H2,1H3/t27-/m0/s1. The maximum Gasteiger partial charge on any atom is 0.261 e. The Hall–Kier alpha value is -4.28. The van der Waals surface area contributed by atoms with Crippen LogP contribution in [0.25, 0.3) is 10.8 Å². The second-order valence-corrected chi connectivity index (χ2v) is 12.9. The Labute approximate surface area is 275 Å². The Kier molecular flexibility index (Phi) is 9.22. The van der Waals surface area contributed by atoms with Crippen LogP contribution in [0.5, 0.6) is 11.5 Å². The van der Waals surface area contributed by atoms with Crippen molar-refractivity contribution in [2.45, 2.75) is 44.6 Å². The number of hydrogen-bond acceptors (Lipinski definition) is 8. The Morgan fingerprint density at radius 1 is 0.745 bits per heavy atom. The maximum atomic E-state index is 13.1. The number of carbonyl (C=O) groups is 3. The summed E-state index contributed by atoms with van der Waals surface area (Å²) in [4.78, 5) is 52.3. The summed E-state index contributed by atoms with van der Waals surface area (Å²) in [5, 5.41) is 1.72. The van der Waals surface area contributed by atoms with Crippen molar-refractivity contribution in [2.75, 3.05) is 66.1 Å². The van der Waals surface area contributed by atoms with Crippen LogP contribution >= 0.6 is 0 Å². The molecule has 7 rings (SSSR count). The minimum atomic E-state index is -0.179. The van der Waals surface area contributed by atoms with E-state index >= 15 is 0 Å². The number of unbranched alkanes of at least 4 members (excludes halogenated alkanes) is 2. The number of nitrogens with zero attached hydrogens (tertiary/aromatic N) is 5. The number of fused-ring (bicyclic) bond motifs is 2. The molecule has 3 aromatic carbocycles. The van der Waals surface area contributed by atoms with Gasteiger partial charge in [0.15, 0.2) is 11.5 Å². The Bertz CT molecular complexity index is 1650. The molecule has 0 aliphatic carbocycles. The first-order valence-electron chi connectivity index (χ1n) is 17.0. The summed E-state index contributed by atoms with van der Waals surface area (Å²) in [6.07, 6.45) is 7.56. The molecule has 4 aliphatic rings. The van der Waals surface area contributed by atoms with E-state index in [2.05, 4.69) is 14.8 Å². The highest BCUT2D eigenvalue weighted by Crippen LogP contribution is 2.38. The molecule has 47 heavy (non-hydrogen) atoms. The van der Waals surface area contributed by atoms with Crippen LogP contribution in [0.3, 0.4) is 0 Å². The van der Waals surface area contributed by atoms with Crippen LogP contribution in [0.4, 0.5) is 5.69 Å².